The fourth-order valence-electron chi connectivity index (χ4n) is 2.47. The van der Waals surface area contributed by atoms with Crippen LogP contribution in [0.1, 0.15) is 26.0 Å². The Morgan fingerprint density at radius 3 is 2.58 bits per heavy atom. The van der Waals surface area contributed by atoms with Crippen molar-refractivity contribution in [2.24, 2.45) is 5.73 Å². The Bertz CT molecular complexity index is 369. The van der Waals surface area contributed by atoms with E-state index in [-0.39, 0.29) is 0 Å². The summed E-state index contributed by atoms with van der Waals surface area (Å²) in [6.45, 7) is 11.7. The predicted octanol–water partition coefficient (Wildman–Crippen LogP) is 0.153. The van der Waals surface area contributed by atoms with Crippen LogP contribution in [0.15, 0.2) is 6.20 Å². The molecule has 1 aromatic rings. The van der Waals surface area contributed by atoms with Crippen molar-refractivity contribution in [3.63, 3.8) is 0 Å². The average Bonchev–Trinajstić information content (AvgIpc) is 2.93. The fraction of sp³-hybridized carbons (Fsp3) is 0.846. The zero-order chi connectivity index (χ0) is 13.7. The predicted molar refractivity (Wildman–Crippen MR) is 75.7 cm³/mol. The van der Waals surface area contributed by atoms with Gasteiger partial charge in [-0.3, -0.25) is 14.5 Å². The lowest BCUT2D eigenvalue weighted by Crippen LogP contribution is -2.50. The van der Waals surface area contributed by atoms with Crippen LogP contribution < -0.4 is 5.73 Å². The van der Waals surface area contributed by atoms with Crippen LogP contribution in [0, 0.1) is 0 Å². The SMILES string of the molecule is CCC(C)N1CCN(CCn2cc(CN)nn2)CC1. The van der Waals surface area contributed by atoms with Crippen LogP contribution in [-0.4, -0.2) is 63.6 Å². The molecule has 6 heteroatoms. The monoisotopic (exact) mass is 266 g/mol. The number of piperazine rings is 1. The maximum absolute atomic E-state index is 5.53. The summed E-state index contributed by atoms with van der Waals surface area (Å²) in [5, 5.41) is 8.08. The van der Waals surface area contributed by atoms with Gasteiger partial charge in [-0.2, -0.15) is 0 Å². The molecule has 6 nitrogen and oxygen atoms in total. The smallest absolute Gasteiger partial charge is 0.0962 e. The van der Waals surface area contributed by atoms with E-state index in [1.54, 1.807) is 0 Å². The van der Waals surface area contributed by atoms with Crippen molar-refractivity contribution in [2.45, 2.75) is 39.4 Å². The molecule has 1 atom stereocenters. The van der Waals surface area contributed by atoms with E-state index in [4.69, 9.17) is 5.73 Å². The quantitative estimate of drug-likeness (QED) is 0.794. The first-order valence-electron chi connectivity index (χ1n) is 7.28. The number of rotatable bonds is 6. The average molecular weight is 266 g/mol. The van der Waals surface area contributed by atoms with Gasteiger partial charge in [0, 0.05) is 51.5 Å². The maximum atomic E-state index is 5.53. The molecule has 2 N–H and O–H groups in total. The lowest BCUT2D eigenvalue weighted by atomic mass is 10.2. The van der Waals surface area contributed by atoms with Crippen LogP contribution in [0.2, 0.25) is 0 Å². The van der Waals surface area contributed by atoms with Crippen LogP contribution in [0.25, 0.3) is 0 Å². The minimum absolute atomic E-state index is 0.466. The van der Waals surface area contributed by atoms with E-state index in [1.165, 1.54) is 19.5 Å². The van der Waals surface area contributed by atoms with Crippen molar-refractivity contribution >= 4 is 0 Å². The summed E-state index contributed by atoms with van der Waals surface area (Å²) in [6.07, 6.45) is 3.18. The summed E-state index contributed by atoms with van der Waals surface area (Å²) < 4.78 is 1.89. The van der Waals surface area contributed by atoms with Gasteiger partial charge in [0.1, 0.15) is 0 Å². The first kappa shape index (κ1) is 14.4. The fourth-order valence-corrected chi connectivity index (χ4v) is 2.47. The number of aromatic nitrogens is 3. The number of hydrogen-bond donors (Lipinski definition) is 1. The Morgan fingerprint density at radius 1 is 1.26 bits per heavy atom. The van der Waals surface area contributed by atoms with E-state index < -0.39 is 0 Å². The van der Waals surface area contributed by atoms with Crippen molar-refractivity contribution in [2.75, 3.05) is 32.7 Å². The van der Waals surface area contributed by atoms with Crippen molar-refractivity contribution in [3.8, 4) is 0 Å². The first-order chi connectivity index (χ1) is 9.22. The molecule has 0 radical (unpaired) electrons. The molecular formula is C13H26N6. The Morgan fingerprint density at radius 2 is 2.00 bits per heavy atom. The van der Waals surface area contributed by atoms with Gasteiger partial charge in [-0.25, -0.2) is 0 Å². The van der Waals surface area contributed by atoms with Gasteiger partial charge in [-0.15, -0.1) is 5.10 Å². The highest BCUT2D eigenvalue weighted by Gasteiger charge is 2.19. The van der Waals surface area contributed by atoms with E-state index in [2.05, 4.69) is 34.0 Å². The summed E-state index contributed by atoms with van der Waals surface area (Å²) in [4.78, 5) is 5.08. The van der Waals surface area contributed by atoms with E-state index in [9.17, 15) is 0 Å². The van der Waals surface area contributed by atoms with Gasteiger partial charge in [0.25, 0.3) is 0 Å². The third-order valence-electron chi connectivity index (χ3n) is 4.06. The standard InChI is InChI=1S/C13H26N6/c1-3-12(2)18-7-4-17(5-8-18)6-9-19-11-13(10-14)15-16-19/h11-12H,3-10,14H2,1-2H3. The zero-order valence-electron chi connectivity index (χ0n) is 12.1. The highest BCUT2D eigenvalue weighted by molar-refractivity contribution is 4.90. The maximum Gasteiger partial charge on any atom is 0.0962 e. The van der Waals surface area contributed by atoms with Crippen molar-refractivity contribution < 1.29 is 0 Å². The molecule has 0 amide bonds. The van der Waals surface area contributed by atoms with Gasteiger partial charge >= 0.3 is 0 Å². The van der Waals surface area contributed by atoms with Crippen LogP contribution in [0.4, 0.5) is 0 Å². The van der Waals surface area contributed by atoms with Crippen molar-refractivity contribution in [1.29, 1.82) is 0 Å². The normalized spacial score (nSPS) is 19.7. The lowest BCUT2D eigenvalue weighted by Gasteiger charge is -2.37. The largest absolute Gasteiger partial charge is 0.325 e. The molecule has 2 heterocycles. The molecule has 0 aromatic carbocycles. The first-order valence-corrected chi connectivity index (χ1v) is 7.28. The third-order valence-corrected chi connectivity index (χ3v) is 4.06. The second kappa shape index (κ2) is 6.98. The van der Waals surface area contributed by atoms with Crippen LogP contribution >= 0.6 is 0 Å². The number of nitrogens with two attached hydrogens (primary N) is 1. The van der Waals surface area contributed by atoms with Gasteiger partial charge in [-0.05, 0) is 13.3 Å². The lowest BCUT2D eigenvalue weighted by molar-refractivity contribution is 0.0976. The molecule has 1 aromatic heterocycles. The van der Waals surface area contributed by atoms with Crippen LogP contribution in [0.5, 0.6) is 0 Å². The summed E-state index contributed by atoms with van der Waals surface area (Å²) in [5.74, 6) is 0. The van der Waals surface area contributed by atoms with E-state index in [0.29, 0.717) is 12.6 Å². The summed E-state index contributed by atoms with van der Waals surface area (Å²) in [5.41, 5.74) is 6.39. The van der Waals surface area contributed by atoms with Gasteiger partial charge < -0.3 is 5.73 Å². The molecule has 0 spiro atoms. The summed E-state index contributed by atoms with van der Waals surface area (Å²) in [7, 11) is 0. The Labute approximate surface area is 115 Å². The molecule has 1 aliphatic heterocycles. The molecule has 0 bridgehead atoms. The molecule has 0 saturated carbocycles. The van der Waals surface area contributed by atoms with Crippen LogP contribution in [-0.2, 0) is 13.1 Å². The summed E-state index contributed by atoms with van der Waals surface area (Å²) >= 11 is 0. The van der Waals surface area contributed by atoms with E-state index in [1.807, 2.05) is 10.9 Å². The summed E-state index contributed by atoms with van der Waals surface area (Å²) in [6, 6.07) is 0.713. The second-order valence-corrected chi connectivity index (χ2v) is 5.31. The number of hydrogen-bond acceptors (Lipinski definition) is 5. The van der Waals surface area contributed by atoms with Gasteiger partial charge in [0.2, 0.25) is 0 Å². The molecule has 1 saturated heterocycles. The topological polar surface area (TPSA) is 63.2 Å². The molecule has 19 heavy (non-hydrogen) atoms. The molecular weight excluding hydrogens is 240 g/mol. The van der Waals surface area contributed by atoms with E-state index >= 15 is 0 Å². The molecule has 1 aliphatic rings. The Kier molecular flexibility index (Phi) is 5.30. The molecule has 108 valence electrons. The molecule has 2 rings (SSSR count). The van der Waals surface area contributed by atoms with Gasteiger partial charge in [-0.1, -0.05) is 12.1 Å². The van der Waals surface area contributed by atoms with Gasteiger partial charge in [0.05, 0.1) is 12.2 Å². The van der Waals surface area contributed by atoms with E-state index in [0.717, 1.165) is 31.9 Å². The molecule has 1 unspecified atom stereocenters. The van der Waals surface area contributed by atoms with Crippen molar-refractivity contribution in [1.82, 2.24) is 24.8 Å². The molecule has 0 aliphatic carbocycles. The Hall–Kier alpha value is -0.980. The Balaban J connectivity index is 1.71. The van der Waals surface area contributed by atoms with Gasteiger partial charge in [0.15, 0.2) is 0 Å². The zero-order valence-corrected chi connectivity index (χ0v) is 12.1. The second-order valence-electron chi connectivity index (χ2n) is 5.31. The highest BCUT2D eigenvalue weighted by Crippen LogP contribution is 2.08. The number of nitrogens with zero attached hydrogens (tertiary/aromatic N) is 5. The third kappa shape index (κ3) is 3.99. The molecule has 1 fully saturated rings. The minimum Gasteiger partial charge on any atom is -0.325 e. The van der Waals surface area contributed by atoms with Crippen LogP contribution in [0.3, 0.4) is 0 Å². The highest BCUT2D eigenvalue weighted by atomic mass is 15.4. The van der Waals surface area contributed by atoms with Crippen molar-refractivity contribution in [3.05, 3.63) is 11.9 Å². The minimum atomic E-state index is 0.466.